The molecule has 0 amide bonds. The maximum Gasteiger partial charge on any atom is 0.212 e. The third kappa shape index (κ3) is 5.11. The maximum absolute atomic E-state index is 12.3. The van der Waals surface area contributed by atoms with Crippen LogP contribution in [-0.4, -0.2) is 14.2 Å². The van der Waals surface area contributed by atoms with Gasteiger partial charge in [0.15, 0.2) is 0 Å². The Balaban J connectivity index is 1.94. The van der Waals surface area contributed by atoms with E-state index >= 15 is 0 Å². The van der Waals surface area contributed by atoms with E-state index in [9.17, 15) is 8.42 Å². The molecule has 1 saturated carbocycles. The first kappa shape index (κ1) is 16.5. The molecule has 0 unspecified atom stereocenters. The van der Waals surface area contributed by atoms with Crippen LogP contribution in [0.1, 0.15) is 63.1 Å². The van der Waals surface area contributed by atoms with Crippen LogP contribution < -0.4 is 4.72 Å². The SMILES string of the molecule is CCc1ccc([C@H](C)NS(=O)(=O)CC2CCCCC2)cc1. The number of hydrogen-bond donors (Lipinski definition) is 1. The Kier molecular flexibility index (Phi) is 5.82. The van der Waals surface area contributed by atoms with E-state index < -0.39 is 10.0 Å². The zero-order valence-corrected chi connectivity index (χ0v) is 14.0. The normalized spacial score (nSPS) is 18.6. The van der Waals surface area contributed by atoms with E-state index in [0.717, 1.165) is 24.8 Å². The Labute approximate surface area is 129 Å². The summed E-state index contributed by atoms with van der Waals surface area (Å²) >= 11 is 0. The Morgan fingerprint density at radius 1 is 1.14 bits per heavy atom. The van der Waals surface area contributed by atoms with Crippen molar-refractivity contribution in [3.8, 4) is 0 Å². The minimum Gasteiger partial charge on any atom is -0.212 e. The van der Waals surface area contributed by atoms with Gasteiger partial charge in [0.1, 0.15) is 0 Å². The van der Waals surface area contributed by atoms with E-state index in [1.165, 1.54) is 24.8 Å². The van der Waals surface area contributed by atoms with E-state index in [4.69, 9.17) is 0 Å². The lowest BCUT2D eigenvalue weighted by atomic mass is 9.91. The Morgan fingerprint density at radius 3 is 2.33 bits per heavy atom. The van der Waals surface area contributed by atoms with Crippen molar-refractivity contribution >= 4 is 10.0 Å². The fraction of sp³-hybridized carbons (Fsp3) is 0.647. The van der Waals surface area contributed by atoms with Crippen molar-refractivity contribution in [3.63, 3.8) is 0 Å². The molecule has 0 saturated heterocycles. The minimum absolute atomic E-state index is 0.163. The number of sulfonamides is 1. The largest absolute Gasteiger partial charge is 0.212 e. The molecule has 1 atom stereocenters. The maximum atomic E-state index is 12.3. The monoisotopic (exact) mass is 309 g/mol. The van der Waals surface area contributed by atoms with Crippen LogP contribution in [0.25, 0.3) is 0 Å². The predicted molar refractivity (Wildman–Crippen MR) is 87.7 cm³/mol. The van der Waals surface area contributed by atoms with Crippen molar-refractivity contribution in [1.82, 2.24) is 4.72 Å². The summed E-state index contributed by atoms with van der Waals surface area (Å²) < 4.78 is 27.4. The van der Waals surface area contributed by atoms with Gasteiger partial charge in [-0.25, -0.2) is 13.1 Å². The van der Waals surface area contributed by atoms with Gasteiger partial charge in [-0.15, -0.1) is 0 Å². The molecule has 1 aliphatic rings. The van der Waals surface area contributed by atoms with Crippen LogP contribution in [0.2, 0.25) is 0 Å². The van der Waals surface area contributed by atoms with Crippen molar-refractivity contribution < 1.29 is 8.42 Å². The third-order valence-electron chi connectivity index (χ3n) is 4.42. The highest BCUT2D eigenvalue weighted by molar-refractivity contribution is 7.89. The molecule has 118 valence electrons. The smallest absolute Gasteiger partial charge is 0.212 e. The summed E-state index contributed by atoms with van der Waals surface area (Å²) in [6.45, 7) is 4.03. The van der Waals surface area contributed by atoms with Crippen molar-refractivity contribution in [2.45, 2.75) is 58.4 Å². The molecule has 0 spiro atoms. The highest BCUT2D eigenvalue weighted by Crippen LogP contribution is 2.25. The number of rotatable bonds is 6. The molecule has 3 nitrogen and oxygen atoms in total. The molecular weight excluding hydrogens is 282 g/mol. The second-order valence-electron chi connectivity index (χ2n) is 6.22. The minimum atomic E-state index is -3.19. The summed E-state index contributed by atoms with van der Waals surface area (Å²) in [6, 6.07) is 8.02. The average Bonchev–Trinajstić information content (AvgIpc) is 2.47. The molecule has 0 bridgehead atoms. The summed E-state index contributed by atoms with van der Waals surface area (Å²) in [5.74, 6) is 0.621. The molecule has 1 aliphatic carbocycles. The van der Waals surface area contributed by atoms with E-state index in [0.29, 0.717) is 5.92 Å². The van der Waals surface area contributed by atoms with Crippen LogP contribution in [0.15, 0.2) is 24.3 Å². The first-order chi connectivity index (χ1) is 10.00. The van der Waals surface area contributed by atoms with Crippen LogP contribution in [0.3, 0.4) is 0 Å². The van der Waals surface area contributed by atoms with Gasteiger partial charge in [0.2, 0.25) is 10.0 Å². The molecule has 1 N–H and O–H groups in total. The fourth-order valence-corrected chi connectivity index (χ4v) is 4.82. The molecule has 0 aromatic heterocycles. The first-order valence-electron chi connectivity index (χ1n) is 8.09. The summed E-state index contributed by atoms with van der Waals surface area (Å²) in [6.07, 6.45) is 6.72. The van der Waals surface area contributed by atoms with E-state index in [2.05, 4.69) is 23.8 Å². The lowest BCUT2D eigenvalue weighted by molar-refractivity contribution is 0.383. The van der Waals surface area contributed by atoms with Gasteiger partial charge in [0.25, 0.3) is 0 Å². The van der Waals surface area contributed by atoms with E-state index in [1.807, 2.05) is 19.1 Å². The van der Waals surface area contributed by atoms with Crippen LogP contribution in [0.4, 0.5) is 0 Å². The molecule has 0 heterocycles. The van der Waals surface area contributed by atoms with Gasteiger partial charge in [-0.2, -0.15) is 0 Å². The molecule has 21 heavy (non-hydrogen) atoms. The Bertz CT molecular complexity index is 530. The molecule has 1 aromatic carbocycles. The number of aryl methyl sites for hydroxylation is 1. The van der Waals surface area contributed by atoms with Crippen LogP contribution in [0, 0.1) is 5.92 Å². The van der Waals surface area contributed by atoms with Gasteiger partial charge in [-0.3, -0.25) is 0 Å². The van der Waals surface area contributed by atoms with Crippen LogP contribution in [0.5, 0.6) is 0 Å². The van der Waals surface area contributed by atoms with Crippen molar-refractivity contribution in [2.75, 3.05) is 5.75 Å². The van der Waals surface area contributed by atoms with Crippen LogP contribution in [-0.2, 0) is 16.4 Å². The number of benzene rings is 1. The highest BCUT2D eigenvalue weighted by Gasteiger charge is 2.23. The third-order valence-corrected chi connectivity index (χ3v) is 6.05. The second-order valence-corrected chi connectivity index (χ2v) is 8.02. The van der Waals surface area contributed by atoms with Gasteiger partial charge in [-0.05, 0) is 43.2 Å². The van der Waals surface area contributed by atoms with Crippen molar-refractivity contribution in [2.24, 2.45) is 5.92 Å². The van der Waals surface area contributed by atoms with Gasteiger partial charge < -0.3 is 0 Å². The van der Waals surface area contributed by atoms with Crippen molar-refractivity contribution in [3.05, 3.63) is 35.4 Å². The topological polar surface area (TPSA) is 46.2 Å². The van der Waals surface area contributed by atoms with E-state index in [-0.39, 0.29) is 11.8 Å². The Hall–Kier alpha value is -0.870. The second kappa shape index (κ2) is 7.41. The summed E-state index contributed by atoms with van der Waals surface area (Å²) in [5, 5.41) is 0. The summed E-state index contributed by atoms with van der Waals surface area (Å²) in [4.78, 5) is 0. The lowest BCUT2D eigenvalue weighted by Crippen LogP contribution is -2.32. The van der Waals surface area contributed by atoms with Gasteiger partial charge >= 0.3 is 0 Å². The first-order valence-corrected chi connectivity index (χ1v) is 9.74. The quantitative estimate of drug-likeness (QED) is 0.868. The number of nitrogens with one attached hydrogen (secondary N) is 1. The lowest BCUT2D eigenvalue weighted by Gasteiger charge is -2.23. The van der Waals surface area contributed by atoms with Gasteiger partial charge in [0, 0.05) is 6.04 Å². The van der Waals surface area contributed by atoms with Gasteiger partial charge in [0.05, 0.1) is 5.75 Å². The van der Waals surface area contributed by atoms with Crippen LogP contribution >= 0.6 is 0 Å². The Morgan fingerprint density at radius 2 is 1.76 bits per heavy atom. The van der Waals surface area contributed by atoms with Crippen molar-refractivity contribution in [1.29, 1.82) is 0 Å². The summed E-state index contributed by atoms with van der Waals surface area (Å²) in [7, 11) is -3.19. The summed E-state index contributed by atoms with van der Waals surface area (Å²) in [5.41, 5.74) is 2.30. The standard InChI is InChI=1S/C17H27NO2S/c1-3-15-9-11-17(12-10-15)14(2)18-21(19,20)13-16-7-5-4-6-8-16/h9-12,14,16,18H,3-8,13H2,1-2H3/t14-/m0/s1. The highest BCUT2D eigenvalue weighted by atomic mass is 32.2. The molecule has 1 aromatic rings. The molecule has 0 radical (unpaired) electrons. The van der Waals surface area contributed by atoms with E-state index in [1.54, 1.807) is 0 Å². The zero-order chi connectivity index (χ0) is 15.3. The average molecular weight is 309 g/mol. The fourth-order valence-electron chi connectivity index (χ4n) is 3.09. The molecule has 1 fully saturated rings. The molecular formula is C17H27NO2S. The predicted octanol–water partition coefficient (Wildman–Crippen LogP) is 3.81. The molecule has 2 rings (SSSR count). The molecule has 0 aliphatic heterocycles. The van der Waals surface area contributed by atoms with Gasteiger partial charge in [-0.1, -0.05) is 50.5 Å². The zero-order valence-electron chi connectivity index (χ0n) is 13.1. The molecule has 4 heteroatoms. The number of hydrogen-bond acceptors (Lipinski definition) is 2.